The van der Waals surface area contributed by atoms with Crippen molar-refractivity contribution in [2.45, 2.75) is 25.8 Å². The van der Waals surface area contributed by atoms with Crippen LogP contribution in [0.2, 0.25) is 5.02 Å². The van der Waals surface area contributed by atoms with E-state index in [0.29, 0.717) is 0 Å². The second kappa shape index (κ2) is 5.53. The minimum absolute atomic E-state index is 0. The number of fused-ring (bicyclic) bond motifs is 1. The molecule has 3 N–H and O–H groups in total. The van der Waals surface area contributed by atoms with Gasteiger partial charge in [-0.15, -0.1) is 12.4 Å². The minimum atomic E-state index is 0. The summed E-state index contributed by atoms with van der Waals surface area (Å²) in [5.74, 6) is 0. The van der Waals surface area contributed by atoms with Crippen molar-refractivity contribution in [3.8, 4) is 0 Å². The fourth-order valence-corrected chi connectivity index (χ4v) is 1.77. The smallest absolute Gasteiger partial charge is 0.0924 e. The number of benzene rings is 1. The van der Waals surface area contributed by atoms with Gasteiger partial charge in [-0.05, 0) is 24.6 Å². The summed E-state index contributed by atoms with van der Waals surface area (Å²) >= 11 is 5.95. The van der Waals surface area contributed by atoms with Crippen LogP contribution in [0.15, 0.2) is 18.2 Å². The first kappa shape index (κ1) is 13.3. The van der Waals surface area contributed by atoms with Gasteiger partial charge in [0.15, 0.2) is 0 Å². The van der Waals surface area contributed by atoms with Crippen molar-refractivity contribution in [2.75, 3.05) is 0 Å². The topological polar surface area (TPSA) is 54.7 Å². The van der Waals surface area contributed by atoms with E-state index in [9.17, 15) is 0 Å². The number of halogens is 2. The van der Waals surface area contributed by atoms with Gasteiger partial charge in [-0.1, -0.05) is 18.5 Å². The van der Waals surface area contributed by atoms with Gasteiger partial charge in [-0.25, -0.2) is 0 Å². The third kappa shape index (κ3) is 2.67. The van der Waals surface area contributed by atoms with Crippen LogP contribution in [0.25, 0.3) is 10.9 Å². The lowest BCUT2D eigenvalue weighted by atomic mass is 10.1. The van der Waals surface area contributed by atoms with Crippen molar-refractivity contribution in [1.82, 2.24) is 10.2 Å². The van der Waals surface area contributed by atoms with Gasteiger partial charge in [0.05, 0.1) is 5.52 Å². The van der Waals surface area contributed by atoms with E-state index in [1.54, 1.807) is 0 Å². The molecule has 1 aromatic heterocycles. The van der Waals surface area contributed by atoms with Gasteiger partial charge in [-0.3, -0.25) is 5.10 Å². The van der Waals surface area contributed by atoms with Crippen LogP contribution in [0.1, 0.15) is 19.0 Å². The quantitative estimate of drug-likeness (QED) is 0.891. The van der Waals surface area contributed by atoms with Crippen LogP contribution in [0, 0.1) is 0 Å². The van der Waals surface area contributed by atoms with E-state index in [0.717, 1.165) is 34.5 Å². The predicted molar refractivity (Wildman–Crippen MR) is 70.3 cm³/mol. The Morgan fingerprint density at radius 3 is 2.94 bits per heavy atom. The molecule has 2 rings (SSSR count). The van der Waals surface area contributed by atoms with Gasteiger partial charge >= 0.3 is 0 Å². The van der Waals surface area contributed by atoms with E-state index >= 15 is 0 Å². The second-order valence-electron chi connectivity index (χ2n) is 3.74. The molecule has 0 amide bonds. The molecule has 88 valence electrons. The molecule has 0 saturated heterocycles. The Bertz CT molecular complexity index is 467. The van der Waals surface area contributed by atoms with Crippen molar-refractivity contribution in [1.29, 1.82) is 0 Å². The molecule has 0 fully saturated rings. The van der Waals surface area contributed by atoms with E-state index in [2.05, 4.69) is 17.1 Å². The van der Waals surface area contributed by atoms with Crippen LogP contribution in [0.5, 0.6) is 0 Å². The number of aromatic nitrogens is 2. The minimum Gasteiger partial charge on any atom is -0.327 e. The number of hydrogen-bond acceptors (Lipinski definition) is 2. The Morgan fingerprint density at radius 2 is 2.25 bits per heavy atom. The maximum atomic E-state index is 5.95. The number of hydrogen-bond donors (Lipinski definition) is 2. The number of nitrogens with zero attached hydrogens (tertiary/aromatic N) is 1. The molecule has 1 atom stereocenters. The molecule has 0 bridgehead atoms. The molecule has 1 aromatic carbocycles. The molecule has 1 heterocycles. The largest absolute Gasteiger partial charge is 0.327 e. The van der Waals surface area contributed by atoms with Gasteiger partial charge in [0.25, 0.3) is 0 Å². The summed E-state index contributed by atoms with van der Waals surface area (Å²) in [6.07, 6.45) is 1.77. The number of H-pyrrole nitrogens is 1. The van der Waals surface area contributed by atoms with Gasteiger partial charge in [0.1, 0.15) is 0 Å². The van der Waals surface area contributed by atoms with Crippen molar-refractivity contribution < 1.29 is 0 Å². The lowest BCUT2D eigenvalue weighted by molar-refractivity contribution is 0.637. The van der Waals surface area contributed by atoms with Crippen molar-refractivity contribution in [3.05, 3.63) is 28.9 Å². The molecular formula is C11H15Cl2N3. The van der Waals surface area contributed by atoms with Crippen molar-refractivity contribution in [3.63, 3.8) is 0 Å². The molecular weight excluding hydrogens is 245 g/mol. The Balaban J connectivity index is 0.00000128. The van der Waals surface area contributed by atoms with Gasteiger partial charge < -0.3 is 5.73 Å². The molecule has 0 radical (unpaired) electrons. The molecule has 1 unspecified atom stereocenters. The molecule has 0 aliphatic rings. The van der Waals surface area contributed by atoms with Crippen LogP contribution in [0.4, 0.5) is 0 Å². The monoisotopic (exact) mass is 259 g/mol. The summed E-state index contributed by atoms with van der Waals surface area (Å²) in [7, 11) is 0. The normalized spacial score (nSPS) is 12.4. The molecule has 0 saturated carbocycles. The molecule has 5 heteroatoms. The van der Waals surface area contributed by atoms with Crippen LogP contribution < -0.4 is 5.73 Å². The predicted octanol–water partition coefficient (Wildman–Crippen LogP) is 2.92. The average Bonchev–Trinajstić information content (AvgIpc) is 2.61. The number of rotatable bonds is 3. The maximum Gasteiger partial charge on any atom is 0.0924 e. The highest BCUT2D eigenvalue weighted by molar-refractivity contribution is 6.31. The zero-order chi connectivity index (χ0) is 10.8. The fourth-order valence-electron chi connectivity index (χ4n) is 1.60. The Hall–Kier alpha value is -0.770. The number of aromatic amines is 1. The molecule has 16 heavy (non-hydrogen) atoms. The third-order valence-corrected chi connectivity index (χ3v) is 2.82. The zero-order valence-electron chi connectivity index (χ0n) is 9.03. The van der Waals surface area contributed by atoms with Crippen LogP contribution in [0.3, 0.4) is 0 Å². The van der Waals surface area contributed by atoms with E-state index in [-0.39, 0.29) is 18.4 Å². The first-order valence-corrected chi connectivity index (χ1v) is 5.46. The van der Waals surface area contributed by atoms with Crippen LogP contribution >= 0.6 is 24.0 Å². The molecule has 0 aliphatic carbocycles. The highest BCUT2D eigenvalue weighted by Gasteiger charge is 2.08. The first-order valence-electron chi connectivity index (χ1n) is 5.08. The van der Waals surface area contributed by atoms with Gasteiger partial charge in [-0.2, -0.15) is 5.10 Å². The summed E-state index contributed by atoms with van der Waals surface area (Å²) < 4.78 is 0. The summed E-state index contributed by atoms with van der Waals surface area (Å²) in [5, 5.41) is 9.03. The van der Waals surface area contributed by atoms with Crippen molar-refractivity contribution in [2.24, 2.45) is 5.73 Å². The van der Waals surface area contributed by atoms with E-state index in [1.807, 2.05) is 18.2 Å². The summed E-state index contributed by atoms with van der Waals surface area (Å²) in [6.45, 7) is 2.08. The van der Waals surface area contributed by atoms with Crippen LogP contribution in [-0.2, 0) is 6.42 Å². The Labute approximate surface area is 106 Å². The summed E-state index contributed by atoms with van der Waals surface area (Å²) in [6, 6.07) is 5.86. The lowest BCUT2D eigenvalue weighted by Crippen LogP contribution is -2.21. The zero-order valence-corrected chi connectivity index (χ0v) is 10.6. The van der Waals surface area contributed by atoms with Crippen LogP contribution in [-0.4, -0.2) is 16.2 Å². The van der Waals surface area contributed by atoms with E-state index < -0.39 is 0 Å². The first-order chi connectivity index (χ1) is 7.20. The summed E-state index contributed by atoms with van der Waals surface area (Å²) in [4.78, 5) is 0. The SMILES string of the molecule is CCC(N)Cc1[nH]nc2ccc(Cl)cc12.Cl. The summed E-state index contributed by atoms with van der Waals surface area (Å²) in [5.41, 5.74) is 7.93. The van der Waals surface area contributed by atoms with Gasteiger partial charge in [0, 0.05) is 28.6 Å². The lowest BCUT2D eigenvalue weighted by Gasteiger charge is -2.06. The molecule has 0 spiro atoms. The Morgan fingerprint density at radius 1 is 1.50 bits per heavy atom. The number of nitrogens with one attached hydrogen (secondary N) is 1. The van der Waals surface area contributed by atoms with E-state index in [4.69, 9.17) is 17.3 Å². The molecule has 2 aromatic rings. The molecule has 0 aliphatic heterocycles. The second-order valence-corrected chi connectivity index (χ2v) is 4.17. The van der Waals surface area contributed by atoms with Crippen molar-refractivity contribution >= 4 is 34.9 Å². The van der Waals surface area contributed by atoms with E-state index in [1.165, 1.54) is 0 Å². The average molecular weight is 260 g/mol. The fraction of sp³-hybridized carbons (Fsp3) is 0.364. The molecule has 3 nitrogen and oxygen atoms in total. The highest BCUT2D eigenvalue weighted by Crippen LogP contribution is 2.21. The third-order valence-electron chi connectivity index (χ3n) is 2.59. The highest BCUT2D eigenvalue weighted by atomic mass is 35.5. The Kier molecular flexibility index (Phi) is 4.59. The standard InChI is InChI=1S/C11H14ClN3.ClH/c1-2-8(13)6-11-9-5-7(12)3-4-10(9)14-15-11;/h3-5,8H,2,6,13H2,1H3,(H,14,15);1H. The van der Waals surface area contributed by atoms with Gasteiger partial charge in [0.2, 0.25) is 0 Å². The maximum absolute atomic E-state index is 5.95. The number of nitrogens with two attached hydrogens (primary N) is 1.